The van der Waals surface area contributed by atoms with Crippen LogP contribution in [-0.4, -0.2) is 18.3 Å². The number of aliphatic hydroxyl groups excluding tert-OH is 1. The van der Waals surface area contributed by atoms with Crippen LogP contribution in [0.1, 0.15) is 37.3 Å². The maximum absolute atomic E-state index is 9.08. The van der Waals surface area contributed by atoms with Crippen molar-refractivity contribution in [2.24, 2.45) is 0 Å². The lowest BCUT2D eigenvalue weighted by Crippen LogP contribution is -2.02. The highest BCUT2D eigenvalue weighted by molar-refractivity contribution is 5.39. The summed E-state index contributed by atoms with van der Waals surface area (Å²) in [5.74, 6) is 0.860. The van der Waals surface area contributed by atoms with E-state index in [1.54, 1.807) is 0 Å². The van der Waals surface area contributed by atoms with Crippen molar-refractivity contribution in [3.8, 4) is 5.75 Å². The summed E-state index contributed by atoms with van der Waals surface area (Å²) in [6, 6.07) is 6.11. The smallest absolute Gasteiger partial charge is 0.122 e. The molecule has 1 radical (unpaired) electrons. The van der Waals surface area contributed by atoms with Crippen molar-refractivity contribution in [1.82, 2.24) is 0 Å². The lowest BCUT2D eigenvalue weighted by Gasteiger charge is -2.14. The Morgan fingerprint density at radius 1 is 1.38 bits per heavy atom. The average molecular weight is 221 g/mol. The Bertz CT molecular complexity index is 321. The van der Waals surface area contributed by atoms with E-state index in [1.807, 2.05) is 19.1 Å². The van der Waals surface area contributed by atoms with Crippen molar-refractivity contribution >= 4 is 0 Å². The van der Waals surface area contributed by atoms with Crippen molar-refractivity contribution in [3.05, 3.63) is 36.2 Å². The minimum Gasteiger partial charge on any atom is -0.494 e. The maximum atomic E-state index is 9.08. The standard InChI is InChI=1S/C14H21O2/c1-4-6-12-7-8-13(11(3)10-15)9-14(12)16-5-2/h7-9,11,15H,3-6,10H2,1-2H3. The van der Waals surface area contributed by atoms with Gasteiger partial charge in [0.25, 0.3) is 0 Å². The summed E-state index contributed by atoms with van der Waals surface area (Å²) in [6.07, 6.45) is 2.13. The first-order valence-electron chi connectivity index (χ1n) is 5.92. The van der Waals surface area contributed by atoms with Gasteiger partial charge in [-0.1, -0.05) is 25.5 Å². The highest BCUT2D eigenvalue weighted by atomic mass is 16.5. The van der Waals surface area contributed by atoms with Gasteiger partial charge in [-0.3, -0.25) is 0 Å². The van der Waals surface area contributed by atoms with Crippen LogP contribution in [0.15, 0.2) is 18.2 Å². The zero-order chi connectivity index (χ0) is 12.0. The van der Waals surface area contributed by atoms with Crippen LogP contribution in [0.25, 0.3) is 0 Å². The molecule has 1 rings (SSSR count). The third-order valence-electron chi connectivity index (χ3n) is 2.60. The normalized spacial score (nSPS) is 12.5. The van der Waals surface area contributed by atoms with Crippen molar-refractivity contribution < 1.29 is 9.84 Å². The highest BCUT2D eigenvalue weighted by Crippen LogP contribution is 2.25. The minimum absolute atomic E-state index is 0.0681. The van der Waals surface area contributed by atoms with Gasteiger partial charge >= 0.3 is 0 Å². The van der Waals surface area contributed by atoms with Crippen molar-refractivity contribution in [2.75, 3.05) is 13.2 Å². The van der Waals surface area contributed by atoms with Crippen LogP contribution in [0.3, 0.4) is 0 Å². The molecule has 0 aliphatic carbocycles. The molecule has 1 aromatic rings. The van der Waals surface area contributed by atoms with Crippen LogP contribution in [0.5, 0.6) is 5.75 Å². The molecule has 0 bridgehead atoms. The van der Waals surface area contributed by atoms with Gasteiger partial charge in [0.15, 0.2) is 0 Å². The molecule has 16 heavy (non-hydrogen) atoms. The summed E-state index contributed by atoms with van der Waals surface area (Å²) in [5.41, 5.74) is 2.27. The van der Waals surface area contributed by atoms with Gasteiger partial charge in [-0.15, -0.1) is 0 Å². The summed E-state index contributed by atoms with van der Waals surface area (Å²) in [5, 5.41) is 9.08. The Morgan fingerprint density at radius 3 is 2.69 bits per heavy atom. The molecule has 0 aliphatic rings. The zero-order valence-electron chi connectivity index (χ0n) is 10.2. The average Bonchev–Trinajstić information content (AvgIpc) is 2.31. The maximum Gasteiger partial charge on any atom is 0.122 e. The van der Waals surface area contributed by atoms with Crippen LogP contribution in [-0.2, 0) is 6.42 Å². The molecule has 89 valence electrons. The molecule has 1 unspecified atom stereocenters. The first-order chi connectivity index (χ1) is 7.72. The highest BCUT2D eigenvalue weighted by Gasteiger charge is 2.08. The molecule has 0 saturated heterocycles. The molecule has 2 heteroatoms. The van der Waals surface area contributed by atoms with Crippen LogP contribution in [0, 0.1) is 6.92 Å². The third kappa shape index (κ3) is 3.24. The van der Waals surface area contributed by atoms with Gasteiger partial charge in [0, 0.05) is 12.5 Å². The van der Waals surface area contributed by atoms with Crippen LogP contribution in [0.4, 0.5) is 0 Å². The third-order valence-corrected chi connectivity index (χ3v) is 2.60. The van der Waals surface area contributed by atoms with E-state index >= 15 is 0 Å². The number of rotatable bonds is 6. The molecule has 0 fully saturated rings. The molecule has 0 amide bonds. The molecule has 0 aromatic heterocycles. The molecule has 0 saturated carbocycles. The molecular weight excluding hydrogens is 200 g/mol. The molecule has 0 heterocycles. The van der Waals surface area contributed by atoms with Crippen molar-refractivity contribution in [3.63, 3.8) is 0 Å². The molecular formula is C14H21O2. The Kier molecular flexibility index (Phi) is 5.33. The second-order valence-electron chi connectivity index (χ2n) is 3.93. The van der Waals surface area contributed by atoms with E-state index in [-0.39, 0.29) is 12.5 Å². The van der Waals surface area contributed by atoms with E-state index in [4.69, 9.17) is 9.84 Å². The number of aliphatic hydroxyl groups is 1. The van der Waals surface area contributed by atoms with Crippen molar-refractivity contribution in [2.45, 2.75) is 32.6 Å². The van der Waals surface area contributed by atoms with Gasteiger partial charge in [-0.2, -0.15) is 0 Å². The monoisotopic (exact) mass is 221 g/mol. The first-order valence-corrected chi connectivity index (χ1v) is 5.92. The van der Waals surface area contributed by atoms with Gasteiger partial charge in [-0.05, 0) is 37.5 Å². The lowest BCUT2D eigenvalue weighted by atomic mass is 9.98. The van der Waals surface area contributed by atoms with E-state index in [0.717, 1.165) is 24.2 Å². The van der Waals surface area contributed by atoms with Crippen LogP contribution >= 0.6 is 0 Å². The summed E-state index contributed by atoms with van der Waals surface area (Å²) < 4.78 is 5.62. The van der Waals surface area contributed by atoms with E-state index < -0.39 is 0 Å². The number of benzene rings is 1. The van der Waals surface area contributed by atoms with Gasteiger partial charge in [-0.25, -0.2) is 0 Å². The van der Waals surface area contributed by atoms with Gasteiger partial charge in [0.1, 0.15) is 5.75 Å². The zero-order valence-corrected chi connectivity index (χ0v) is 10.2. The molecule has 0 aliphatic heterocycles. The Balaban J connectivity index is 2.96. The number of ether oxygens (including phenoxy) is 1. The summed E-state index contributed by atoms with van der Waals surface area (Å²) in [6.45, 7) is 8.77. The van der Waals surface area contributed by atoms with Gasteiger partial charge in [0.2, 0.25) is 0 Å². The quantitative estimate of drug-likeness (QED) is 0.800. The number of hydrogen-bond acceptors (Lipinski definition) is 2. The minimum atomic E-state index is -0.0742. The summed E-state index contributed by atoms with van der Waals surface area (Å²) in [7, 11) is 0. The van der Waals surface area contributed by atoms with Crippen molar-refractivity contribution in [1.29, 1.82) is 0 Å². The second-order valence-corrected chi connectivity index (χ2v) is 3.93. The summed E-state index contributed by atoms with van der Waals surface area (Å²) >= 11 is 0. The van der Waals surface area contributed by atoms with Gasteiger partial charge in [0.05, 0.1) is 6.61 Å². The number of aryl methyl sites for hydroxylation is 1. The fourth-order valence-electron chi connectivity index (χ4n) is 1.70. The van der Waals surface area contributed by atoms with E-state index in [0.29, 0.717) is 6.61 Å². The van der Waals surface area contributed by atoms with E-state index in [2.05, 4.69) is 19.9 Å². The fraction of sp³-hybridized carbons (Fsp3) is 0.500. The van der Waals surface area contributed by atoms with Crippen LogP contribution < -0.4 is 4.74 Å². The molecule has 0 spiro atoms. The Hall–Kier alpha value is -1.02. The number of hydrogen-bond donors (Lipinski definition) is 1. The fourth-order valence-corrected chi connectivity index (χ4v) is 1.70. The first kappa shape index (κ1) is 13.0. The topological polar surface area (TPSA) is 29.5 Å². The molecule has 1 N–H and O–H groups in total. The Labute approximate surface area is 98.3 Å². The predicted molar refractivity (Wildman–Crippen MR) is 66.8 cm³/mol. The SMILES string of the molecule is [CH2]C(CO)c1ccc(CCC)c(OCC)c1. The lowest BCUT2D eigenvalue weighted by molar-refractivity contribution is 0.282. The van der Waals surface area contributed by atoms with E-state index in [1.165, 1.54) is 5.56 Å². The van der Waals surface area contributed by atoms with E-state index in [9.17, 15) is 0 Å². The molecule has 2 nitrogen and oxygen atoms in total. The summed E-state index contributed by atoms with van der Waals surface area (Å²) in [4.78, 5) is 0. The largest absolute Gasteiger partial charge is 0.494 e. The predicted octanol–water partition coefficient (Wildman–Crippen LogP) is 2.95. The molecule has 1 aromatic carbocycles. The Morgan fingerprint density at radius 2 is 2.12 bits per heavy atom. The second kappa shape index (κ2) is 6.54. The molecule has 1 atom stereocenters. The van der Waals surface area contributed by atoms with Crippen LogP contribution in [0.2, 0.25) is 0 Å². The van der Waals surface area contributed by atoms with Gasteiger partial charge < -0.3 is 9.84 Å².